The number of pyridine rings is 2. The van der Waals surface area contributed by atoms with Gasteiger partial charge in [0.1, 0.15) is 5.82 Å². The Bertz CT molecular complexity index is 1130. The molecule has 0 aliphatic carbocycles. The summed E-state index contributed by atoms with van der Waals surface area (Å²) < 4.78 is 0. The smallest absolute Gasteiger partial charge is 0.185 e. The Morgan fingerprint density at radius 2 is 1.90 bits per heavy atom. The van der Waals surface area contributed by atoms with Gasteiger partial charge in [-0.2, -0.15) is 0 Å². The number of imidazole rings is 1. The van der Waals surface area contributed by atoms with Crippen molar-refractivity contribution in [2.24, 2.45) is 0 Å². The fraction of sp³-hybridized carbons (Fsp3) is 0.182. The minimum atomic E-state index is 0.0589. The second-order valence-electron chi connectivity index (χ2n) is 6.78. The van der Waals surface area contributed by atoms with E-state index in [0.717, 1.165) is 34.5 Å². The summed E-state index contributed by atoms with van der Waals surface area (Å²) in [6.45, 7) is 1.59. The Hall–Kier alpha value is -2.70. The van der Waals surface area contributed by atoms with Crippen molar-refractivity contribution in [3.63, 3.8) is 0 Å². The van der Waals surface area contributed by atoms with Gasteiger partial charge < -0.3 is 4.98 Å². The van der Waals surface area contributed by atoms with Crippen LogP contribution in [0, 0.1) is 0 Å². The molecule has 0 fully saturated rings. The number of nitrogens with one attached hydrogen (secondary N) is 1. The fourth-order valence-corrected chi connectivity index (χ4v) is 4.01. The Morgan fingerprint density at radius 3 is 2.62 bits per heavy atom. The summed E-state index contributed by atoms with van der Waals surface area (Å²) in [6, 6.07) is 13.7. The Kier molecular flexibility index (Phi) is 5.92. The van der Waals surface area contributed by atoms with Crippen molar-refractivity contribution in [2.75, 3.05) is 5.75 Å². The summed E-state index contributed by atoms with van der Waals surface area (Å²) in [6.07, 6.45) is 6.10. The molecule has 0 saturated carbocycles. The Labute approximate surface area is 178 Å². The number of aromatic nitrogens is 4. The summed E-state index contributed by atoms with van der Waals surface area (Å²) in [5, 5.41) is 0.806. The number of rotatable bonds is 6. The quantitative estimate of drug-likeness (QED) is 0.457. The first-order chi connectivity index (χ1) is 14.1. The number of thioether (sulfide) groups is 1. The molecule has 1 aromatic carbocycles. The highest BCUT2D eigenvalue weighted by Gasteiger charge is 2.19. The van der Waals surface area contributed by atoms with Crippen molar-refractivity contribution in [2.45, 2.75) is 19.3 Å². The number of benzene rings is 1. The summed E-state index contributed by atoms with van der Waals surface area (Å²) in [4.78, 5) is 28.3. The maximum Gasteiger partial charge on any atom is 0.185 e. The molecule has 3 heterocycles. The third kappa shape index (κ3) is 4.83. The highest BCUT2D eigenvalue weighted by molar-refractivity contribution is 8.13. The van der Waals surface area contributed by atoms with Crippen LogP contribution < -0.4 is 0 Å². The van der Waals surface area contributed by atoms with Crippen molar-refractivity contribution in [3.05, 3.63) is 77.5 Å². The van der Waals surface area contributed by atoms with Gasteiger partial charge in [-0.25, -0.2) is 9.97 Å². The zero-order valence-electron chi connectivity index (χ0n) is 15.8. The average Bonchev–Trinajstić information content (AvgIpc) is 3.16. The first-order valence-electron chi connectivity index (χ1n) is 9.22. The number of hydrogen-bond acceptors (Lipinski definition) is 5. The molecule has 1 N–H and O–H groups in total. The van der Waals surface area contributed by atoms with Crippen molar-refractivity contribution in [3.8, 4) is 11.1 Å². The predicted molar refractivity (Wildman–Crippen MR) is 118 cm³/mol. The van der Waals surface area contributed by atoms with Gasteiger partial charge >= 0.3 is 0 Å². The normalized spacial score (nSPS) is 12.2. The Morgan fingerprint density at radius 1 is 1.14 bits per heavy atom. The molecule has 0 aliphatic heterocycles. The zero-order chi connectivity index (χ0) is 20.2. The molecule has 1 atom stereocenters. The molecule has 3 aromatic heterocycles. The summed E-state index contributed by atoms with van der Waals surface area (Å²) in [5.41, 5.74) is 4.75. The third-order valence-corrected chi connectivity index (χ3v) is 5.87. The van der Waals surface area contributed by atoms with Crippen molar-refractivity contribution >= 4 is 39.6 Å². The van der Waals surface area contributed by atoms with E-state index in [1.54, 1.807) is 19.3 Å². The highest BCUT2D eigenvalue weighted by atomic mass is 35.5. The van der Waals surface area contributed by atoms with E-state index in [2.05, 4.69) is 15.0 Å². The van der Waals surface area contributed by atoms with Crippen LogP contribution in [0.5, 0.6) is 0 Å². The molecule has 5 nitrogen and oxygen atoms in total. The Balaban J connectivity index is 1.65. The molecule has 0 aliphatic rings. The van der Waals surface area contributed by atoms with Gasteiger partial charge in [-0.3, -0.25) is 9.78 Å². The van der Waals surface area contributed by atoms with E-state index in [0.29, 0.717) is 16.4 Å². The lowest BCUT2D eigenvalue weighted by atomic mass is 10.0. The summed E-state index contributed by atoms with van der Waals surface area (Å²) >= 11 is 7.32. The number of aromatic amines is 1. The second-order valence-corrected chi connectivity index (χ2v) is 8.42. The van der Waals surface area contributed by atoms with Crippen LogP contribution in [-0.4, -0.2) is 30.8 Å². The monoisotopic (exact) mass is 422 g/mol. The fourth-order valence-electron chi connectivity index (χ4n) is 3.17. The van der Waals surface area contributed by atoms with Gasteiger partial charge in [0.15, 0.2) is 10.8 Å². The van der Waals surface area contributed by atoms with Gasteiger partial charge in [0.05, 0.1) is 5.52 Å². The van der Waals surface area contributed by atoms with Crippen LogP contribution in [0.15, 0.2) is 61.1 Å². The molecule has 4 rings (SSSR count). The number of H-pyrrole nitrogens is 1. The van der Waals surface area contributed by atoms with Crippen LogP contribution in [0.1, 0.15) is 24.2 Å². The number of nitrogens with zero attached hydrogens (tertiary/aromatic N) is 3. The van der Waals surface area contributed by atoms with E-state index >= 15 is 0 Å². The molecule has 0 spiro atoms. The predicted octanol–water partition coefficient (Wildman–Crippen LogP) is 5.28. The topological polar surface area (TPSA) is 71.5 Å². The molecular weight excluding hydrogens is 404 g/mol. The van der Waals surface area contributed by atoms with E-state index < -0.39 is 0 Å². The van der Waals surface area contributed by atoms with Crippen LogP contribution >= 0.6 is 23.4 Å². The molecule has 0 amide bonds. The zero-order valence-corrected chi connectivity index (χ0v) is 17.4. The molecule has 0 radical (unpaired) electrons. The molecule has 0 saturated heterocycles. The van der Waals surface area contributed by atoms with Crippen LogP contribution in [0.2, 0.25) is 5.02 Å². The van der Waals surface area contributed by atoms with Gasteiger partial charge in [0.2, 0.25) is 0 Å². The van der Waals surface area contributed by atoms with E-state index in [9.17, 15) is 4.79 Å². The van der Waals surface area contributed by atoms with E-state index in [1.807, 2.05) is 48.7 Å². The number of halogens is 1. The van der Waals surface area contributed by atoms with Gasteiger partial charge in [-0.15, -0.1) is 0 Å². The number of fused-ring (bicyclic) bond motifs is 1. The van der Waals surface area contributed by atoms with Gasteiger partial charge in [0.25, 0.3) is 0 Å². The average molecular weight is 423 g/mol. The molecule has 4 aromatic rings. The van der Waals surface area contributed by atoms with Crippen LogP contribution in [0.25, 0.3) is 22.3 Å². The lowest BCUT2D eigenvalue weighted by molar-refractivity contribution is -0.109. The number of carbonyl (C=O) groups excluding carboxylic acids is 1. The van der Waals surface area contributed by atoms with Crippen LogP contribution in [-0.2, 0) is 11.2 Å². The van der Waals surface area contributed by atoms with E-state index in [4.69, 9.17) is 16.6 Å². The van der Waals surface area contributed by atoms with Gasteiger partial charge in [-0.05, 0) is 47.9 Å². The van der Waals surface area contributed by atoms with E-state index in [-0.39, 0.29) is 11.0 Å². The van der Waals surface area contributed by atoms with E-state index in [1.165, 1.54) is 11.8 Å². The molecule has 29 heavy (non-hydrogen) atoms. The first kappa shape index (κ1) is 19.6. The second kappa shape index (κ2) is 8.76. The number of carbonyl (C=O) groups is 1. The molecule has 1 unspecified atom stereocenters. The summed E-state index contributed by atoms with van der Waals surface area (Å²) in [7, 11) is 0. The van der Waals surface area contributed by atoms with Crippen LogP contribution in [0.4, 0.5) is 0 Å². The minimum absolute atomic E-state index is 0.0589. The van der Waals surface area contributed by atoms with Gasteiger partial charge in [-0.1, -0.05) is 35.5 Å². The lowest BCUT2D eigenvalue weighted by Crippen LogP contribution is -2.09. The largest absolute Gasteiger partial charge is 0.340 e. The first-order valence-corrected chi connectivity index (χ1v) is 10.6. The van der Waals surface area contributed by atoms with Crippen molar-refractivity contribution < 1.29 is 4.79 Å². The van der Waals surface area contributed by atoms with Crippen molar-refractivity contribution in [1.29, 1.82) is 0 Å². The molecule has 146 valence electrons. The molecule has 7 heteroatoms. The SMILES string of the molecule is CC(=O)SCC(Cc1ccc(Cl)cc1)c1nc2ncc(-c3ccncc3)cc2[nH]1. The summed E-state index contributed by atoms with van der Waals surface area (Å²) in [5.74, 6) is 1.54. The van der Waals surface area contributed by atoms with Gasteiger partial charge in [0, 0.05) is 47.8 Å². The standard InChI is InChI=1S/C22H19ClN4OS/c1-14(28)29-13-18(10-15-2-4-19(23)5-3-15)21-26-20-11-17(12-25-22(20)27-21)16-6-8-24-9-7-16/h2-9,11-12,18H,10,13H2,1H3,(H,25,26,27). The third-order valence-electron chi connectivity index (χ3n) is 4.64. The van der Waals surface area contributed by atoms with Crippen LogP contribution in [0.3, 0.4) is 0 Å². The lowest BCUT2D eigenvalue weighted by Gasteiger charge is -2.13. The minimum Gasteiger partial charge on any atom is -0.340 e. The highest BCUT2D eigenvalue weighted by Crippen LogP contribution is 2.27. The maximum atomic E-state index is 11.5. The van der Waals surface area contributed by atoms with Crippen molar-refractivity contribution in [1.82, 2.24) is 19.9 Å². The maximum absolute atomic E-state index is 11.5. The number of hydrogen-bond donors (Lipinski definition) is 1. The molecule has 0 bridgehead atoms. The molecular formula is C22H19ClN4OS.